The SMILES string of the molecule is Cc1ccc(-c2cc(C(=O)NN=Cc3ccncc3)[nH]n2)cc1. The number of nitrogens with zero attached hydrogens (tertiary/aromatic N) is 3. The van der Waals surface area contributed by atoms with Gasteiger partial charge in [-0.15, -0.1) is 0 Å². The largest absolute Gasteiger partial charge is 0.289 e. The zero-order valence-corrected chi connectivity index (χ0v) is 12.5. The van der Waals surface area contributed by atoms with Crippen LogP contribution in [0.1, 0.15) is 21.6 Å². The van der Waals surface area contributed by atoms with Gasteiger partial charge in [-0.1, -0.05) is 29.8 Å². The first-order chi connectivity index (χ1) is 11.2. The number of nitrogens with one attached hydrogen (secondary N) is 2. The second-order valence-corrected chi connectivity index (χ2v) is 5.01. The van der Waals surface area contributed by atoms with Gasteiger partial charge in [0.1, 0.15) is 5.69 Å². The summed E-state index contributed by atoms with van der Waals surface area (Å²) in [5, 5.41) is 10.8. The Morgan fingerprint density at radius 3 is 2.65 bits per heavy atom. The van der Waals surface area contributed by atoms with E-state index in [9.17, 15) is 4.79 Å². The molecule has 0 aliphatic heterocycles. The number of carbonyl (C=O) groups excluding carboxylic acids is 1. The average molecular weight is 305 g/mol. The minimum atomic E-state index is -0.346. The predicted molar refractivity (Wildman–Crippen MR) is 88.1 cm³/mol. The Morgan fingerprint density at radius 1 is 1.17 bits per heavy atom. The van der Waals surface area contributed by atoms with Crippen molar-refractivity contribution in [2.24, 2.45) is 5.10 Å². The first-order valence-electron chi connectivity index (χ1n) is 7.08. The van der Waals surface area contributed by atoms with Crippen molar-refractivity contribution in [2.45, 2.75) is 6.92 Å². The van der Waals surface area contributed by atoms with E-state index in [4.69, 9.17) is 0 Å². The maximum Gasteiger partial charge on any atom is 0.289 e. The Kier molecular flexibility index (Phi) is 4.24. The molecule has 0 atom stereocenters. The highest BCUT2D eigenvalue weighted by atomic mass is 16.2. The molecule has 3 rings (SSSR count). The van der Waals surface area contributed by atoms with Crippen LogP contribution in [0.15, 0.2) is 60.0 Å². The number of carbonyl (C=O) groups is 1. The molecule has 2 N–H and O–H groups in total. The Hall–Kier alpha value is -3.28. The lowest BCUT2D eigenvalue weighted by Crippen LogP contribution is -2.17. The highest BCUT2D eigenvalue weighted by molar-refractivity contribution is 5.94. The topological polar surface area (TPSA) is 83.0 Å². The summed E-state index contributed by atoms with van der Waals surface area (Å²) in [5.74, 6) is -0.346. The lowest BCUT2D eigenvalue weighted by atomic mass is 10.1. The number of aryl methyl sites for hydroxylation is 1. The summed E-state index contributed by atoms with van der Waals surface area (Å²) in [6, 6.07) is 13.2. The lowest BCUT2D eigenvalue weighted by molar-refractivity contribution is 0.0950. The van der Waals surface area contributed by atoms with E-state index in [1.165, 1.54) is 5.56 Å². The van der Waals surface area contributed by atoms with E-state index in [0.29, 0.717) is 11.4 Å². The fraction of sp³-hybridized carbons (Fsp3) is 0.0588. The van der Waals surface area contributed by atoms with Crippen LogP contribution in [0.2, 0.25) is 0 Å². The van der Waals surface area contributed by atoms with Gasteiger partial charge < -0.3 is 0 Å². The Morgan fingerprint density at radius 2 is 1.91 bits per heavy atom. The van der Waals surface area contributed by atoms with Gasteiger partial charge in [0.2, 0.25) is 0 Å². The Labute approximate surface area is 133 Å². The third-order valence-corrected chi connectivity index (χ3v) is 3.26. The first-order valence-corrected chi connectivity index (χ1v) is 7.08. The van der Waals surface area contributed by atoms with Gasteiger partial charge in [-0.3, -0.25) is 14.9 Å². The molecule has 3 aromatic rings. The van der Waals surface area contributed by atoms with Crippen LogP contribution in [-0.2, 0) is 0 Å². The average Bonchev–Trinajstić information content (AvgIpc) is 3.06. The van der Waals surface area contributed by atoms with Crippen LogP contribution in [0, 0.1) is 6.92 Å². The monoisotopic (exact) mass is 305 g/mol. The molecule has 1 aromatic carbocycles. The zero-order chi connectivity index (χ0) is 16.1. The van der Waals surface area contributed by atoms with Gasteiger partial charge in [0, 0.05) is 18.0 Å². The fourth-order valence-electron chi connectivity index (χ4n) is 1.99. The molecule has 0 aliphatic carbocycles. The van der Waals surface area contributed by atoms with Gasteiger partial charge in [0.15, 0.2) is 0 Å². The van der Waals surface area contributed by atoms with Gasteiger partial charge in [0.25, 0.3) is 5.91 Å². The number of hydrogen-bond donors (Lipinski definition) is 2. The van der Waals surface area contributed by atoms with E-state index in [0.717, 1.165) is 11.1 Å². The quantitative estimate of drug-likeness (QED) is 0.574. The summed E-state index contributed by atoms with van der Waals surface area (Å²) >= 11 is 0. The summed E-state index contributed by atoms with van der Waals surface area (Å²) in [5.41, 5.74) is 6.51. The Balaban J connectivity index is 1.67. The molecular formula is C17H15N5O. The molecule has 2 heterocycles. The van der Waals surface area contributed by atoms with E-state index in [-0.39, 0.29) is 5.91 Å². The van der Waals surface area contributed by atoms with Crippen LogP contribution >= 0.6 is 0 Å². The second kappa shape index (κ2) is 6.65. The summed E-state index contributed by atoms with van der Waals surface area (Å²) in [6.45, 7) is 2.02. The third kappa shape index (κ3) is 3.68. The van der Waals surface area contributed by atoms with Crippen molar-refractivity contribution in [3.63, 3.8) is 0 Å². The van der Waals surface area contributed by atoms with Gasteiger partial charge in [-0.2, -0.15) is 10.2 Å². The minimum Gasteiger partial charge on any atom is -0.272 e. The molecule has 1 amide bonds. The van der Waals surface area contributed by atoms with Crippen molar-refractivity contribution in [3.8, 4) is 11.3 Å². The molecule has 0 unspecified atom stereocenters. The molecule has 0 radical (unpaired) electrons. The van der Waals surface area contributed by atoms with E-state index < -0.39 is 0 Å². The fourth-order valence-corrected chi connectivity index (χ4v) is 1.99. The number of aromatic nitrogens is 3. The summed E-state index contributed by atoms with van der Waals surface area (Å²) in [6.07, 6.45) is 4.87. The molecule has 6 nitrogen and oxygen atoms in total. The molecule has 23 heavy (non-hydrogen) atoms. The summed E-state index contributed by atoms with van der Waals surface area (Å²) in [7, 11) is 0. The molecule has 0 bridgehead atoms. The normalized spacial score (nSPS) is 10.8. The molecule has 0 spiro atoms. The number of aromatic amines is 1. The molecule has 2 aromatic heterocycles. The van der Waals surface area contributed by atoms with Crippen molar-refractivity contribution in [2.75, 3.05) is 0 Å². The third-order valence-electron chi connectivity index (χ3n) is 3.26. The summed E-state index contributed by atoms with van der Waals surface area (Å²) < 4.78 is 0. The van der Waals surface area contributed by atoms with Crippen molar-refractivity contribution in [1.29, 1.82) is 0 Å². The zero-order valence-electron chi connectivity index (χ0n) is 12.5. The van der Waals surface area contributed by atoms with Crippen LogP contribution < -0.4 is 5.43 Å². The van der Waals surface area contributed by atoms with Crippen LogP contribution in [0.5, 0.6) is 0 Å². The highest BCUT2D eigenvalue weighted by Crippen LogP contribution is 2.18. The predicted octanol–water partition coefficient (Wildman–Crippen LogP) is 2.54. The van der Waals surface area contributed by atoms with Crippen LogP contribution in [0.25, 0.3) is 11.3 Å². The second-order valence-electron chi connectivity index (χ2n) is 5.01. The number of rotatable bonds is 4. The molecule has 6 heteroatoms. The van der Waals surface area contributed by atoms with E-state index in [1.807, 2.05) is 31.2 Å². The number of hydrazone groups is 1. The highest BCUT2D eigenvalue weighted by Gasteiger charge is 2.10. The van der Waals surface area contributed by atoms with Crippen LogP contribution in [-0.4, -0.2) is 27.3 Å². The smallest absolute Gasteiger partial charge is 0.272 e. The van der Waals surface area contributed by atoms with E-state index >= 15 is 0 Å². The molecular weight excluding hydrogens is 290 g/mol. The number of hydrogen-bond acceptors (Lipinski definition) is 4. The number of amides is 1. The lowest BCUT2D eigenvalue weighted by Gasteiger charge is -1.96. The molecule has 0 fully saturated rings. The van der Waals surface area contributed by atoms with Crippen molar-refractivity contribution < 1.29 is 4.79 Å². The summed E-state index contributed by atoms with van der Waals surface area (Å²) in [4.78, 5) is 15.9. The van der Waals surface area contributed by atoms with Crippen molar-refractivity contribution in [1.82, 2.24) is 20.6 Å². The van der Waals surface area contributed by atoms with Gasteiger partial charge in [-0.25, -0.2) is 5.43 Å². The van der Waals surface area contributed by atoms with E-state index in [2.05, 4.69) is 25.7 Å². The molecule has 0 saturated carbocycles. The molecule has 114 valence electrons. The molecule has 0 saturated heterocycles. The first kappa shape index (κ1) is 14.6. The van der Waals surface area contributed by atoms with Gasteiger partial charge in [0.05, 0.1) is 11.9 Å². The van der Waals surface area contributed by atoms with Crippen molar-refractivity contribution in [3.05, 3.63) is 71.7 Å². The number of pyridine rings is 1. The van der Waals surface area contributed by atoms with Gasteiger partial charge >= 0.3 is 0 Å². The Bertz CT molecular complexity index is 822. The maximum atomic E-state index is 12.0. The van der Waals surface area contributed by atoms with Gasteiger partial charge in [-0.05, 0) is 30.7 Å². The molecule has 0 aliphatic rings. The maximum absolute atomic E-state index is 12.0. The van der Waals surface area contributed by atoms with Crippen LogP contribution in [0.3, 0.4) is 0 Å². The van der Waals surface area contributed by atoms with E-state index in [1.54, 1.807) is 36.8 Å². The standard InChI is InChI=1S/C17H15N5O/c1-12-2-4-14(5-3-12)15-10-16(21-20-15)17(23)22-19-11-13-6-8-18-9-7-13/h2-11H,1H3,(H,20,21)(H,22,23). The minimum absolute atomic E-state index is 0.346. The van der Waals surface area contributed by atoms with Crippen LogP contribution in [0.4, 0.5) is 0 Å². The number of benzene rings is 1. The van der Waals surface area contributed by atoms with Crippen molar-refractivity contribution >= 4 is 12.1 Å². The number of H-pyrrole nitrogens is 1.